The van der Waals surface area contributed by atoms with Gasteiger partial charge in [0, 0.05) is 23.9 Å². The van der Waals surface area contributed by atoms with Crippen LogP contribution in [0.3, 0.4) is 0 Å². The molecule has 3 aromatic carbocycles. The summed E-state index contributed by atoms with van der Waals surface area (Å²) in [5.41, 5.74) is 0.567. The number of hydrogen-bond donors (Lipinski definition) is 0. The van der Waals surface area contributed by atoms with Crippen LogP contribution in [0.15, 0.2) is 66.7 Å². The second kappa shape index (κ2) is 8.01. The molecule has 1 spiro atoms. The van der Waals surface area contributed by atoms with Crippen molar-refractivity contribution >= 4 is 17.5 Å². The maximum Gasteiger partial charge on any atom is 0.416 e. The monoisotopic (exact) mass is 496 g/mol. The van der Waals surface area contributed by atoms with E-state index in [2.05, 4.69) is 0 Å². The summed E-state index contributed by atoms with van der Waals surface area (Å²) in [6.07, 6.45) is -0.773. The highest BCUT2D eigenvalue weighted by atomic mass is 19.4. The Kier molecular flexibility index (Phi) is 5.28. The van der Waals surface area contributed by atoms with Crippen molar-refractivity contribution in [2.75, 3.05) is 12.0 Å². The largest absolute Gasteiger partial charge is 0.493 e. The number of methoxy groups -OCH3 is 1. The van der Waals surface area contributed by atoms with Crippen molar-refractivity contribution in [1.29, 1.82) is 0 Å². The van der Waals surface area contributed by atoms with Gasteiger partial charge >= 0.3 is 6.18 Å². The SMILES string of the molecule is COc1cc([N+](=O)[O-])cc2c1OC1(C=C2)N(Cc2ccc(C(F)(F)F)cc2)c2ccccc2C1(C)C. The molecule has 1 unspecified atom stereocenters. The van der Waals surface area contributed by atoms with Crippen molar-refractivity contribution in [3.63, 3.8) is 0 Å². The molecular weight excluding hydrogens is 473 g/mol. The van der Waals surface area contributed by atoms with Crippen LogP contribution in [0.5, 0.6) is 11.5 Å². The van der Waals surface area contributed by atoms with Gasteiger partial charge < -0.3 is 14.4 Å². The standard InChI is InChI=1S/C27H23F3N2O4/c1-25(2)21-6-4-5-7-22(21)31(16-17-8-10-19(11-9-17)27(28,29)30)26(25)13-12-18-14-20(32(33)34)15-23(35-3)24(18)36-26/h4-15H,16H2,1-3H3. The van der Waals surface area contributed by atoms with Gasteiger partial charge in [-0.3, -0.25) is 10.1 Å². The number of rotatable bonds is 4. The number of halogens is 3. The van der Waals surface area contributed by atoms with Gasteiger partial charge in [-0.15, -0.1) is 0 Å². The highest BCUT2D eigenvalue weighted by molar-refractivity contribution is 5.75. The molecule has 0 saturated carbocycles. The average Bonchev–Trinajstić information content (AvgIpc) is 3.02. The number of para-hydroxylation sites is 1. The predicted octanol–water partition coefficient (Wildman–Crippen LogP) is 6.72. The lowest BCUT2D eigenvalue weighted by Gasteiger charge is -2.47. The van der Waals surface area contributed by atoms with E-state index in [1.54, 1.807) is 6.08 Å². The third-order valence-electron chi connectivity index (χ3n) is 7.03. The zero-order valence-electron chi connectivity index (χ0n) is 19.8. The number of fused-ring (bicyclic) bond motifs is 2. The molecule has 36 heavy (non-hydrogen) atoms. The van der Waals surface area contributed by atoms with Crippen LogP contribution in [-0.4, -0.2) is 17.8 Å². The Labute approximate surface area is 205 Å². The molecule has 6 nitrogen and oxygen atoms in total. The first kappa shape index (κ1) is 23.7. The second-order valence-electron chi connectivity index (χ2n) is 9.38. The molecule has 0 aliphatic carbocycles. The number of anilines is 1. The molecule has 2 aliphatic heterocycles. The van der Waals surface area contributed by atoms with Crippen LogP contribution in [-0.2, 0) is 18.1 Å². The molecule has 0 saturated heterocycles. The van der Waals surface area contributed by atoms with Crippen LogP contribution in [0.1, 0.15) is 36.1 Å². The predicted molar refractivity (Wildman–Crippen MR) is 129 cm³/mol. The number of alkyl halides is 3. The lowest BCUT2D eigenvalue weighted by molar-refractivity contribution is -0.385. The summed E-state index contributed by atoms with van der Waals surface area (Å²) in [6.45, 7) is 4.34. The zero-order chi connectivity index (χ0) is 25.9. The Balaban J connectivity index is 1.63. The van der Waals surface area contributed by atoms with Crippen molar-refractivity contribution in [3.8, 4) is 11.5 Å². The summed E-state index contributed by atoms with van der Waals surface area (Å²) in [6, 6.07) is 15.6. The van der Waals surface area contributed by atoms with Gasteiger partial charge in [0.25, 0.3) is 5.69 Å². The van der Waals surface area contributed by atoms with Gasteiger partial charge in [-0.05, 0) is 55.3 Å². The lowest BCUT2D eigenvalue weighted by atomic mass is 9.76. The Morgan fingerprint density at radius 1 is 1.08 bits per heavy atom. The first-order valence-electron chi connectivity index (χ1n) is 11.3. The maximum atomic E-state index is 13.1. The fourth-order valence-corrected chi connectivity index (χ4v) is 5.10. The summed E-state index contributed by atoms with van der Waals surface area (Å²) in [5, 5.41) is 11.4. The maximum absolute atomic E-state index is 13.1. The van der Waals surface area contributed by atoms with E-state index in [-0.39, 0.29) is 18.0 Å². The van der Waals surface area contributed by atoms with Gasteiger partial charge in [-0.2, -0.15) is 13.2 Å². The van der Waals surface area contributed by atoms with Crippen LogP contribution in [0, 0.1) is 10.1 Å². The highest BCUT2D eigenvalue weighted by Crippen LogP contribution is 2.56. The van der Waals surface area contributed by atoms with Crippen LogP contribution in [0.2, 0.25) is 0 Å². The first-order valence-corrected chi connectivity index (χ1v) is 11.3. The lowest BCUT2D eigenvalue weighted by Crippen LogP contribution is -2.59. The van der Waals surface area contributed by atoms with Crippen molar-refractivity contribution in [1.82, 2.24) is 0 Å². The van der Waals surface area contributed by atoms with E-state index in [1.807, 2.05) is 49.1 Å². The van der Waals surface area contributed by atoms with Crippen LogP contribution < -0.4 is 14.4 Å². The van der Waals surface area contributed by atoms with Crippen molar-refractivity contribution in [3.05, 3.63) is 99.1 Å². The van der Waals surface area contributed by atoms with E-state index in [9.17, 15) is 23.3 Å². The number of ether oxygens (including phenoxy) is 2. The van der Waals surface area contributed by atoms with E-state index in [0.29, 0.717) is 16.9 Å². The fourth-order valence-electron chi connectivity index (χ4n) is 5.10. The van der Waals surface area contributed by atoms with Crippen LogP contribution >= 0.6 is 0 Å². The second-order valence-corrected chi connectivity index (χ2v) is 9.38. The third-order valence-corrected chi connectivity index (χ3v) is 7.03. The number of nitro benzene ring substituents is 1. The Morgan fingerprint density at radius 2 is 1.78 bits per heavy atom. The number of benzene rings is 3. The van der Waals surface area contributed by atoms with Gasteiger partial charge in [0.05, 0.1) is 29.1 Å². The molecule has 0 fully saturated rings. The molecule has 0 aromatic heterocycles. The number of non-ortho nitro benzene ring substituents is 1. The first-order chi connectivity index (χ1) is 17.0. The Hall–Kier alpha value is -4.01. The van der Waals surface area contributed by atoms with E-state index in [0.717, 1.165) is 23.4 Å². The van der Waals surface area contributed by atoms with Crippen LogP contribution in [0.4, 0.5) is 24.5 Å². The molecule has 2 heterocycles. The van der Waals surface area contributed by atoms with E-state index in [1.165, 1.54) is 31.4 Å². The molecule has 5 rings (SSSR count). The molecule has 2 aliphatic rings. The van der Waals surface area contributed by atoms with Crippen molar-refractivity contribution in [2.24, 2.45) is 0 Å². The molecule has 1 atom stereocenters. The number of nitrogens with zero attached hydrogens (tertiary/aromatic N) is 2. The normalized spacial score (nSPS) is 19.6. The molecule has 3 aromatic rings. The minimum Gasteiger partial charge on any atom is -0.493 e. The van der Waals surface area contributed by atoms with Gasteiger partial charge in [0.2, 0.25) is 5.72 Å². The molecule has 0 amide bonds. The third kappa shape index (κ3) is 3.49. The quantitative estimate of drug-likeness (QED) is 0.296. The van der Waals surface area contributed by atoms with Crippen molar-refractivity contribution in [2.45, 2.75) is 37.7 Å². The average molecular weight is 496 g/mol. The van der Waals surface area contributed by atoms with Gasteiger partial charge in [0.15, 0.2) is 11.5 Å². The minimum atomic E-state index is -4.42. The van der Waals surface area contributed by atoms with E-state index in [4.69, 9.17) is 9.47 Å². The summed E-state index contributed by atoms with van der Waals surface area (Å²) >= 11 is 0. The Bertz CT molecular complexity index is 1380. The van der Waals surface area contributed by atoms with Gasteiger partial charge in [-0.25, -0.2) is 0 Å². The fraction of sp³-hybridized carbons (Fsp3) is 0.259. The molecule has 0 radical (unpaired) electrons. The number of hydrogen-bond acceptors (Lipinski definition) is 5. The molecule has 9 heteroatoms. The number of nitro groups is 1. The summed E-state index contributed by atoms with van der Waals surface area (Å²) in [5.74, 6) is 0.591. The molecular formula is C27H23F3N2O4. The summed E-state index contributed by atoms with van der Waals surface area (Å²) in [4.78, 5) is 12.9. The van der Waals surface area contributed by atoms with Gasteiger partial charge in [-0.1, -0.05) is 30.3 Å². The van der Waals surface area contributed by atoms with Gasteiger partial charge in [0.1, 0.15) is 0 Å². The topological polar surface area (TPSA) is 64.8 Å². The van der Waals surface area contributed by atoms with E-state index >= 15 is 0 Å². The summed E-state index contributed by atoms with van der Waals surface area (Å²) < 4.78 is 51.5. The Morgan fingerprint density at radius 3 is 2.42 bits per heavy atom. The molecule has 0 N–H and O–H groups in total. The molecule has 186 valence electrons. The van der Waals surface area contributed by atoms with Crippen molar-refractivity contribution < 1.29 is 27.6 Å². The summed E-state index contributed by atoms with van der Waals surface area (Å²) in [7, 11) is 1.42. The van der Waals surface area contributed by atoms with E-state index < -0.39 is 27.8 Å². The minimum absolute atomic E-state index is 0.120. The molecule has 0 bridgehead atoms. The van der Waals surface area contributed by atoms with Crippen LogP contribution in [0.25, 0.3) is 6.08 Å². The highest BCUT2D eigenvalue weighted by Gasteiger charge is 2.59. The zero-order valence-corrected chi connectivity index (χ0v) is 19.8. The smallest absolute Gasteiger partial charge is 0.416 e.